The molecule has 1 atom stereocenters. The van der Waals surface area contributed by atoms with E-state index in [-0.39, 0.29) is 17.8 Å². The van der Waals surface area contributed by atoms with Gasteiger partial charge in [0.2, 0.25) is 11.8 Å². The molecule has 1 aromatic rings. The molecular formula is C20H26N2O4. The lowest BCUT2D eigenvalue weighted by Gasteiger charge is -2.34. The van der Waals surface area contributed by atoms with Gasteiger partial charge in [-0.3, -0.25) is 9.59 Å². The monoisotopic (exact) mass is 358 g/mol. The Labute approximate surface area is 154 Å². The summed E-state index contributed by atoms with van der Waals surface area (Å²) in [5, 5.41) is 2.88. The lowest BCUT2D eigenvalue weighted by molar-refractivity contribution is -0.140. The second-order valence-electron chi connectivity index (χ2n) is 6.15. The van der Waals surface area contributed by atoms with Gasteiger partial charge in [-0.25, -0.2) is 4.79 Å². The molecule has 26 heavy (non-hydrogen) atoms. The zero-order valence-corrected chi connectivity index (χ0v) is 15.4. The maximum atomic E-state index is 12.6. The van der Waals surface area contributed by atoms with Crippen molar-refractivity contribution in [2.24, 2.45) is 0 Å². The molecule has 2 rings (SSSR count). The van der Waals surface area contributed by atoms with Gasteiger partial charge in [-0.15, -0.1) is 0 Å². The van der Waals surface area contributed by atoms with Gasteiger partial charge in [0, 0.05) is 24.7 Å². The minimum Gasteiger partial charge on any atom is -0.463 e. The number of benzene rings is 1. The topological polar surface area (TPSA) is 75.7 Å². The molecule has 0 radical (unpaired) electrons. The molecule has 1 unspecified atom stereocenters. The molecule has 1 saturated heterocycles. The highest BCUT2D eigenvalue weighted by Gasteiger charge is 2.31. The van der Waals surface area contributed by atoms with Crippen molar-refractivity contribution in [1.29, 1.82) is 0 Å². The molecule has 0 spiro atoms. The fraction of sp³-hybridized carbons (Fsp3) is 0.450. The van der Waals surface area contributed by atoms with Crippen LogP contribution in [0.15, 0.2) is 30.3 Å². The van der Waals surface area contributed by atoms with Crippen molar-refractivity contribution in [2.75, 3.05) is 18.5 Å². The summed E-state index contributed by atoms with van der Waals surface area (Å²) in [5.74, 6) is -0.520. The minimum absolute atomic E-state index is 0.0179. The van der Waals surface area contributed by atoms with Gasteiger partial charge in [-0.05, 0) is 50.0 Å². The predicted octanol–water partition coefficient (Wildman–Crippen LogP) is 2.99. The molecule has 140 valence electrons. The van der Waals surface area contributed by atoms with Crippen molar-refractivity contribution in [3.05, 3.63) is 35.9 Å². The molecule has 1 aliphatic rings. The molecule has 2 amide bonds. The third kappa shape index (κ3) is 5.44. The van der Waals surface area contributed by atoms with Crippen LogP contribution in [-0.4, -0.2) is 41.9 Å². The quantitative estimate of drug-likeness (QED) is 0.626. The van der Waals surface area contributed by atoms with E-state index in [0.29, 0.717) is 31.7 Å². The Morgan fingerprint density at radius 2 is 1.92 bits per heavy atom. The van der Waals surface area contributed by atoms with Crippen molar-refractivity contribution in [2.45, 2.75) is 45.6 Å². The second kappa shape index (κ2) is 9.75. The summed E-state index contributed by atoms with van der Waals surface area (Å²) < 4.78 is 4.83. The zero-order chi connectivity index (χ0) is 18.9. The standard InChI is InChI=1S/C20H26N2O4/c1-3-18(23)22-14-6-5-7-17(22)20(25)21-16-11-8-15(9-12-16)10-13-19(24)26-4-2/h8-13,17H,3-7,14H2,1-2H3,(H,21,25)/b13-10+. The number of hydrogen-bond donors (Lipinski definition) is 1. The van der Waals surface area contributed by atoms with Gasteiger partial charge >= 0.3 is 5.97 Å². The van der Waals surface area contributed by atoms with Gasteiger partial charge in [-0.1, -0.05) is 19.1 Å². The van der Waals surface area contributed by atoms with Crippen LogP contribution < -0.4 is 5.32 Å². The SMILES string of the molecule is CCOC(=O)/C=C/c1ccc(NC(=O)C2CCCCN2C(=O)CC)cc1. The van der Waals surface area contributed by atoms with E-state index in [1.807, 2.05) is 6.92 Å². The zero-order valence-electron chi connectivity index (χ0n) is 15.4. The van der Waals surface area contributed by atoms with Crippen molar-refractivity contribution >= 4 is 29.5 Å². The lowest BCUT2D eigenvalue weighted by atomic mass is 10.0. The maximum Gasteiger partial charge on any atom is 0.330 e. The number of hydrogen-bond acceptors (Lipinski definition) is 4. The first-order valence-corrected chi connectivity index (χ1v) is 9.10. The Morgan fingerprint density at radius 3 is 2.58 bits per heavy atom. The lowest BCUT2D eigenvalue weighted by Crippen LogP contribution is -2.49. The summed E-state index contributed by atoms with van der Waals surface area (Å²) in [6, 6.07) is 6.76. The van der Waals surface area contributed by atoms with Crippen LogP contribution in [0, 0.1) is 0 Å². The Kier molecular flexibility index (Phi) is 7.38. The number of anilines is 1. The van der Waals surface area contributed by atoms with Crippen molar-refractivity contribution < 1.29 is 19.1 Å². The molecule has 1 fully saturated rings. The molecular weight excluding hydrogens is 332 g/mol. The van der Waals surface area contributed by atoms with Crippen molar-refractivity contribution in [3.63, 3.8) is 0 Å². The molecule has 6 heteroatoms. The first-order valence-electron chi connectivity index (χ1n) is 9.10. The van der Waals surface area contributed by atoms with Crippen LogP contribution in [0.3, 0.4) is 0 Å². The summed E-state index contributed by atoms with van der Waals surface area (Å²) in [7, 11) is 0. The van der Waals surface area contributed by atoms with Crippen LogP contribution in [0.25, 0.3) is 6.08 Å². The van der Waals surface area contributed by atoms with E-state index in [1.54, 1.807) is 42.2 Å². The highest BCUT2D eigenvalue weighted by Crippen LogP contribution is 2.20. The van der Waals surface area contributed by atoms with Crippen LogP contribution in [0.2, 0.25) is 0 Å². The van der Waals surface area contributed by atoms with Crippen molar-refractivity contribution in [3.8, 4) is 0 Å². The number of nitrogens with one attached hydrogen (secondary N) is 1. The van der Waals surface area contributed by atoms with Crippen LogP contribution in [0.5, 0.6) is 0 Å². The van der Waals surface area contributed by atoms with Gasteiger partial charge in [-0.2, -0.15) is 0 Å². The molecule has 1 N–H and O–H groups in total. The Hall–Kier alpha value is -2.63. The van der Waals surface area contributed by atoms with Crippen molar-refractivity contribution in [1.82, 2.24) is 4.90 Å². The second-order valence-corrected chi connectivity index (χ2v) is 6.15. The van der Waals surface area contributed by atoms with Crippen LogP contribution in [-0.2, 0) is 19.1 Å². The summed E-state index contributed by atoms with van der Waals surface area (Å²) in [6.45, 7) is 4.55. The average Bonchev–Trinajstić information content (AvgIpc) is 2.67. The van der Waals surface area contributed by atoms with E-state index in [0.717, 1.165) is 18.4 Å². The van der Waals surface area contributed by atoms with Crippen LogP contribution >= 0.6 is 0 Å². The minimum atomic E-state index is -0.403. The van der Waals surface area contributed by atoms with Gasteiger partial charge in [0.15, 0.2) is 0 Å². The number of carbonyl (C=O) groups excluding carboxylic acids is 3. The Morgan fingerprint density at radius 1 is 1.19 bits per heavy atom. The highest BCUT2D eigenvalue weighted by atomic mass is 16.5. The molecule has 1 heterocycles. The van der Waals surface area contributed by atoms with E-state index in [9.17, 15) is 14.4 Å². The van der Waals surface area contributed by atoms with E-state index < -0.39 is 6.04 Å². The molecule has 6 nitrogen and oxygen atoms in total. The molecule has 1 aromatic carbocycles. The number of ether oxygens (including phenoxy) is 1. The number of nitrogens with zero attached hydrogens (tertiary/aromatic N) is 1. The highest BCUT2D eigenvalue weighted by molar-refractivity contribution is 5.97. The van der Waals surface area contributed by atoms with Crippen LogP contribution in [0.1, 0.15) is 45.1 Å². The molecule has 0 aliphatic carbocycles. The molecule has 1 aliphatic heterocycles. The molecule has 0 bridgehead atoms. The number of piperidine rings is 1. The number of esters is 1. The Bertz CT molecular complexity index is 667. The van der Waals surface area contributed by atoms with Gasteiger partial charge < -0.3 is 15.0 Å². The molecule has 0 saturated carbocycles. The third-order valence-electron chi connectivity index (χ3n) is 4.30. The summed E-state index contributed by atoms with van der Waals surface area (Å²) in [4.78, 5) is 37.6. The predicted molar refractivity (Wildman–Crippen MR) is 100 cm³/mol. The summed E-state index contributed by atoms with van der Waals surface area (Å²) in [6.07, 6.45) is 6.02. The number of rotatable bonds is 6. The number of carbonyl (C=O) groups is 3. The van der Waals surface area contributed by atoms with E-state index in [4.69, 9.17) is 4.74 Å². The van der Waals surface area contributed by atoms with Crippen LogP contribution in [0.4, 0.5) is 5.69 Å². The summed E-state index contributed by atoms with van der Waals surface area (Å²) >= 11 is 0. The normalized spacial score (nSPS) is 17.2. The van der Waals surface area contributed by atoms with Gasteiger partial charge in [0.1, 0.15) is 6.04 Å². The van der Waals surface area contributed by atoms with Gasteiger partial charge in [0.05, 0.1) is 6.61 Å². The average molecular weight is 358 g/mol. The number of likely N-dealkylation sites (tertiary alicyclic amines) is 1. The maximum absolute atomic E-state index is 12.6. The summed E-state index contributed by atoms with van der Waals surface area (Å²) in [5.41, 5.74) is 1.49. The smallest absolute Gasteiger partial charge is 0.330 e. The van der Waals surface area contributed by atoms with E-state index in [2.05, 4.69) is 5.32 Å². The first kappa shape index (κ1) is 19.7. The van der Waals surface area contributed by atoms with Gasteiger partial charge in [0.25, 0.3) is 0 Å². The molecule has 0 aromatic heterocycles. The Balaban J connectivity index is 1.98. The fourth-order valence-electron chi connectivity index (χ4n) is 2.96. The largest absolute Gasteiger partial charge is 0.463 e. The fourth-order valence-corrected chi connectivity index (χ4v) is 2.96. The van der Waals surface area contributed by atoms with E-state index >= 15 is 0 Å². The number of amides is 2. The third-order valence-corrected chi connectivity index (χ3v) is 4.30. The first-order chi connectivity index (χ1) is 12.5. The van der Waals surface area contributed by atoms with E-state index in [1.165, 1.54) is 6.08 Å².